The third kappa shape index (κ3) is 3.83. The summed E-state index contributed by atoms with van der Waals surface area (Å²) in [4.78, 5) is 26.6. The summed E-state index contributed by atoms with van der Waals surface area (Å²) in [5.41, 5.74) is 2.63. The van der Waals surface area contributed by atoms with E-state index in [9.17, 15) is 19.8 Å². The van der Waals surface area contributed by atoms with E-state index >= 15 is 0 Å². The number of carbonyl (C=O) groups is 2. The maximum absolute atomic E-state index is 12.8. The number of amides is 1. The van der Waals surface area contributed by atoms with Gasteiger partial charge >= 0.3 is 0 Å². The molecule has 0 bridgehead atoms. The maximum Gasteiger partial charge on any atom is 0.290 e. The molecule has 0 radical (unpaired) electrons. The molecule has 2 aromatic rings. The van der Waals surface area contributed by atoms with Gasteiger partial charge in [-0.2, -0.15) is 0 Å². The smallest absolute Gasteiger partial charge is 0.290 e. The van der Waals surface area contributed by atoms with E-state index in [4.69, 9.17) is 0 Å². The van der Waals surface area contributed by atoms with Crippen molar-refractivity contribution in [3.63, 3.8) is 0 Å². The molecule has 1 atom stereocenters. The minimum Gasteiger partial charge on any atom is -0.503 e. The summed E-state index contributed by atoms with van der Waals surface area (Å²) in [6, 6.07) is 16.0. The summed E-state index contributed by atoms with van der Waals surface area (Å²) in [6.45, 7) is 1.71. The lowest BCUT2D eigenvalue weighted by molar-refractivity contribution is -0.129. The van der Waals surface area contributed by atoms with Crippen molar-refractivity contribution in [3.8, 4) is 0 Å². The fraction of sp³-hybridized carbons (Fsp3) is 0.182. The first-order chi connectivity index (χ1) is 13.0. The average Bonchev–Trinajstić information content (AvgIpc) is 2.93. The zero-order valence-electron chi connectivity index (χ0n) is 15.0. The van der Waals surface area contributed by atoms with Gasteiger partial charge in [0.2, 0.25) is 0 Å². The van der Waals surface area contributed by atoms with Gasteiger partial charge in [0, 0.05) is 6.54 Å². The van der Waals surface area contributed by atoms with Crippen LogP contribution < -0.4 is 0 Å². The van der Waals surface area contributed by atoms with Crippen LogP contribution in [0.2, 0.25) is 0 Å². The van der Waals surface area contributed by atoms with E-state index in [1.165, 1.54) is 11.0 Å². The molecule has 27 heavy (non-hydrogen) atoms. The lowest BCUT2D eigenvalue weighted by Crippen LogP contribution is -2.33. The molecule has 0 fully saturated rings. The largest absolute Gasteiger partial charge is 0.503 e. The Balaban J connectivity index is 1.98. The predicted molar refractivity (Wildman–Crippen MR) is 103 cm³/mol. The molecule has 0 saturated carbocycles. The summed E-state index contributed by atoms with van der Waals surface area (Å²) < 4.78 is 0. The van der Waals surface area contributed by atoms with E-state index in [1.54, 1.807) is 6.08 Å². The van der Waals surface area contributed by atoms with Gasteiger partial charge in [-0.05, 0) is 24.1 Å². The van der Waals surface area contributed by atoms with Crippen LogP contribution in [0, 0.1) is 6.92 Å². The Bertz CT molecular complexity index is 898. The van der Waals surface area contributed by atoms with E-state index in [0.717, 1.165) is 11.1 Å². The van der Waals surface area contributed by atoms with E-state index in [-0.39, 0.29) is 18.7 Å². The van der Waals surface area contributed by atoms with Crippen molar-refractivity contribution in [2.75, 3.05) is 13.2 Å². The number of rotatable bonds is 6. The van der Waals surface area contributed by atoms with Gasteiger partial charge in [0.1, 0.15) is 0 Å². The van der Waals surface area contributed by atoms with Gasteiger partial charge in [0.25, 0.3) is 5.91 Å². The molecule has 2 N–H and O–H groups in total. The van der Waals surface area contributed by atoms with Crippen LogP contribution in [0.25, 0.3) is 6.08 Å². The third-order valence-electron chi connectivity index (χ3n) is 4.53. The topological polar surface area (TPSA) is 77.8 Å². The molecule has 0 aliphatic carbocycles. The molecule has 5 nitrogen and oxygen atoms in total. The van der Waals surface area contributed by atoms with Crippen LogP contribution >= 0.6 is 0 Å². The number of benzene rings is 2. The Hall–Kier alpha value is -3.18. The zero-order chi connectivity index (χ0) is 19.4. The number of allylic oxidation sites excluding steroid dienone is 1. The van der Waals surface area contributed by atoms with Crippen LogP contribution in [0.5, 0.6) is 0 Å². The van der Waals surface area contributed by atoms with Crippen LogP contribution in [-0.2, 0) is 9.59 Å². The van der Waals surface area contributed by atoms with E-state index in [2.05, 4.69) is 0 Å². The molecule has 0 aromatic heterocycles. The highest BCUT2D eigenvalue weighted by Gasteiger charge is 2.42. The molecule has 5 heteroatoms. The number of ketones is 1. The van der Waals surface area contributed by atoms with Crippen molar-refractivity contribution in [2.45, 2.75) is 13.0 Å². The van der Waals surface area contributed by atoms with Crippen molar-refractivity contribution in [3.05, 3.63) is 88.7 Å². The average molecular weight is 363 g/mol. The molecule has 138 valence electrons. The van der Waals surface area contributed by atoms with Gasteiger partial charge in [-0.1, -0.05) is 66.2 Å². The molecule has 3 rings (SSSR count). The molecule has 0 spiro atoms. The molecule has 0 saturated heterocycles. The minimum atomic E-state index is -0.724. The van der Waals surface area contributed by atoms with Gasteiger partial charge in [0.15, 0.2) is 11.5 Å². The Morgan fingerprint density at radius 2 is 1.78 bits per heavy atom. The van der Waals surface area contributed by atoms with E-state index in [0.29, 0.717) is 5.56 Å². The number of hydrogen-bond acceptors (Lipinski definition) is 4. The maximum atomic E-state index is 12.8. The normalized spacial score (nSPS) is 17.2. The molecule has 1 aliphatic heterocycles. The van der Waals surface area contributed by atoms with Crippen LogP contribution in [0.3, 0.4) is 0 Å². The highest BCUT2D eigenvalue weighted by molar-refractivity contribution is 6.14. The molecule has 1 aliphatic rings. The number of carbonyl (C=O) groups excluding carboxylic acids is 2. The standard InChI is InChI=1S/C22H21NO4/c1-15-7-10-17(11-8-15)20-19(21(26)22(27)23(20)13-14-24)18(25)12-9-16-5-3-2-4-6-16/h2-12,20,24,26H,13-14H2,1H3/b12-9+/t20-/m0/s1. The van der Waals surface area contributed by atoms with E-state index in [1.807, 2.05) is 61.5 Å². The fourth-order valence-corrected chi connectivity index (χ4v) is 3.16. The van der Waals surface area contributed by atoms with Crippen LogP contribution in [0.15, 0.2) is 72.0 Å². The summed E-state index contributed by atoms with van der Waals surface area (Å²) in [7, 11) is 0. The van der Waals surface area contributed by atoms with E-state index < -0.39 is 23.5 Å². The Kier molecular flexibility index (Phi) is 5.52. The van der Waals surface area contributed by atoms with Gasteiger partial charge in [-0.25, -0.2) is 0 Å². The number of nitrogens with zero attached hydrogens (tertiary/aromatic N) is 1. The van der Waals surface area contributed by atoms with Crippen LogP contribution in [-0.4, -0.2) is 40.0 Å². The molecule has 1 amide bonds. The third-order valence-corrected chi connectivity index (χ3v) is 4.53. The summed E-state index contributed by atoms with van der Waals surface area (Å²) in [6.07, 6.45) is 3.01. The van der Waals surface area contributed by atoms with Gasteiger partial charge in [0.05, 0.1) is 18.2 Å². The Morgan fingerprint density at radius 1 is 1.11 bits per heavy atom. The highest BCUT2D eigenvalue weighted by atomic mass is 16.3. The molecular formula is C22H21NO4. The van der Waals surface area contributed by atoms with Crippen molar-refractivity contribution in [2.24, 2.45) is 0 Å². The predicted octanol–water partition coefficient (Wildman–Crippen LogP) is 2.97. The lowest BCUT2D eigenvalue weighted by Gasteiger charge is -2.25. The first kappa shape index (κ1) is 18.6. The molecular weight excluding hydrogens is 342 g/mol. The van der Waals surface area contributed by atoms with Crippen molar-refractivity contribution < 1.29 is 19.8 Å². The van der Waals surface area contributed by atoms with Crippen molar-refractivity contribution >= 4 is 17.8 Å². The quantitative estimate of drug-likeness (QED) is 0.774. The Labute approximate surface area is 157 Å². The monoisotopic (exact) mass is 363 g/mol. The SMILES string of the molecule is Cc1ccc([C@H]2C(C(=O)/C=C/c3ccccc3)=C(O)C(=O)N2CCO)cc1. The van der Waals surface area contributed by atoms with Crippen molar-refractivity contribution in [1.82, 2.24) is 4.90 Å². The second-order valence-electron chi connectivity index (χ2n) is 6.41. The van der Waals surface area contributed by atoms with Crippen LogP contribution in [0.1, 0.15) is 22.7 Å². The second kappa shape index (κ2) is 8.01. The van der Waals surface area contributed by atoms with Gasteiger partial charge in [-0.3, -0.25) is 9.59 Å². The zero-order valence-corrected chi connectivity index (χ0v) is 15.0. The number of hydrogen-bond donors (Lipinski definition) is 2. The molecule has 2 aromatic carbocycles. The summed E-state index contributed by atoms with van der Waals surface area (Å²) in [5, 5.41) is 19.7. The summed E-state index contributed by atoms with van der Waals surface area (Å²) in [5.74, 6) is -1.64. The van der Waals surface area contributed by atoms with Gasteiger partial charge < -0.3 is 15.1 Å². The first-order valence-electron chi connectivity index (χ1n) is 8.72. The molecule has 1 heterocycles. The number of β-amino-alcohol motifs (C(OH)–C–C–N with tert-alkyl or cyclic N) is 1. The highest BCUT2D eigenvalue weighted by Crippen LogP contribution is 2.37. The molecule has 0 unspecified atom stereocenters. The Morgan fingerprint density at radius 3 is 2.41 bits per heavy atom. The number of aliphatic hydroxyl groups is 2. The van der Waals surface area contributed by atoms with Crippen molar-refractivity contribution in [1.29, 1.82) is 0 Å². The van der Waals surface area contributed by atoms with Gasteiger partial charge in [-0.15, -0.1) is 0 Å². The van der Waals surface area contributed by atoms with Crippen LogP contribution in [0.4, 0.5) is 0 Å². The lowest BCUT2D eigenvalue weighted by atomic mass is 9.95. The first-order valence-corrected chi connectivity index (χ1v) is 8.72. The number of aryl methyl sites for hydroxylation is 1. The number of aliphatic hydroxyl groups excluding tert-OH is 2. The second-order valence-corrected chi connectivity index (χ2v) is 6.41. The summed E-state index contributed by atoms with van der Waals surface area (Å²) >= 11 is 0. The fourth-order valence-electron chi connectivity index (χ4n) is 3.16. The minimum absolute atomic E-state index is 0.0284.